The number of amides is 1. The Balaban J connectivity index is 1.67. The van der Waals surface area contributed by atoms with E-state index in [1.165, 1.54) is 38.4 Å². The van der Waals surface area contributed by atoms with Crippen LogP contribution in [0.4, 0.5) is 10.1 Å². The highest BCUT2D eigenvalue weighted by atomic mass is 32.2. The van der Waals surface area contributed by atoms with Crippen molar-refractivity contribution >= 4 is 42.6 Å². The maximum atomic E-state index is 13.6. The van der Waals surface area contributed by atoms with Crippen molar-refractivity contribution in [1.82, 2.24) is 9.62 Å². The minimum absolute atomic E-state index is 0.229. The van der Waals surface area contributed by atoms with Gasteiger partial charge < -0.3 is 9.73 Å². The summed E-state index contributed by atoms with van der Waals surface area (Å²) in [4.78, 5) is 13.1. The summed E-state index contributed by atoms with van der Waals surface area (Å²) in [5.41, 5.74) is 2.01. The van der Waals surface area contributed by atoms with E-state index in [1.807, 2.05) is 0 Å². The number of halogens is 1. The van der Waals surface area contributed by atoms with Crippen LogP contribution in [0.2, 0.25) is 0 Å². The first-order valence-electron chi connectivity index (χ1n) is 13.4. The first kappa shape index (κ1) is 28.6. The molecule has 1 N–H and O–H groups in total. The van der Waals surface area contributed by atoms with Gasteiger partial charge in [0.05, 0.1) is 22.8 Å². The number of nitrogens with one attached hydrogen (secondary N) is 1. The van der Waals surface area contributed by atoms with Gasteiger partial charge in [-0.3, -0.25) is 9.10 Å². The van der Waals surface area contributed by atoms with E-state index in [-0.39, 0.29) is 29.0 Å². The number of piperidine rings is 1. The van der Waals surface area contributed by atoms with Gasteiger partial charge >= 0.3 is 0 Å². The first-order valence-corrected chi connectivity index (χ1v) is 16.8. The van der Waals surface area contributed by atoms with Gasteiger partial charge in [-0.25, -0.2) is 25.5 Å². The Hall–Kier alpha value is -2.96. The summed E-state index contributed by atoms with van der Waals surface area (Å²) in [5.74, 6) is -0.916. The van der Waals surface area contributed by atoms with Crippen LogP contribution in [-0.4, -0.2) is 65.7 Å². The molecule has 2 aliphatic rings. The maximum Gasteiger partial charge on any atom is 0.255 e. The van der Waals surface area contributed by atoms with Gasteiger partial charge in [0.15, 0.2) is 0 Å². The van der Waals surface area contributed by atoms with E-state index in [9.17, 15) is 26.0 Å². The lowest BCUT2D eigenvalue weighted by molar-refractivity contribution is 0.0964. The summed E-state index contributed by atoms with van der Waals surface area (Å²) < 4.78 is 74.7. The number of benzene rings is 2. The van der Waals surface area contributed by atoms with E-state index < -0.39 is 31.8 Å². The Morgan fingerprint density at radius 2 is 1.73 bits per heavy atom. The number of nitrogens with zero attached hydrogens (tertiary/aromatic N) is 2. The second-order valence-electron chi connectivity index (χ2n) is 10.7. The van der Waals surface area contributed by atoms with E-state index in [1.54, 1.807) is 16.4 Å². The van der Waals surface area contributed by atoms with Gasteiger partial charge in [-0.2, -0.15) is 0 Å². The number of rotatable bonds is 7. The zero-order valence-corrected chi connectivity index (χ0v) is 24.4. The summed E-state index contributed by atoms with van der Waals surface area (Å²) in [6.45, 7) is 0.658. The lowest BCUT2D eigenvalue weighted by Crippen LogP contribution is -2.43. The molecule has 0 unspecified atom stereocenters. The third-order valence-corrected chi connectivity index (χ3v) is 11.7. The van der Waals surface area contributed by atoms with Gasteiger partial charge in [-0.1, -0.05) is 12.8 Å². The number of hydrogen-bond donors (Lipinski definition) is 1. The molecular weight excluding hydrogens is 557 g/mol. The number of anilines is 1. The molecule has 2 fully saturated rings. The van der Waals surface area contributed by atoms with Crippen LogP contribution in [-0.2, 0) is 20.0 Å². The van der Waals surface area contributed by atoms with Crippen LogP contribution in [0, 0.1) is 5.82 Å². The summed E-state index contributed by atoms with van der Waals surface area (Å²) in [6, 6.07) is 8.91. The highest BCUT2D eigenvalue weighted by Crippen LogP contribution is 2.42. The third-order valence-electron chi connectivity index (χ3n) is 8.14. The second-order valence-corrected chi connectivity index (χ2v) is 14.9. The molecule has 216 valence electrons. The van der Waals surface area contributed by atoms with Gasteiger partial charge in [0, 0.05) is 44.2 Å². The van der Waals surface area contributed by atoms with Gasteiger partial charge in [-0.15, -0.1) is 0 Å². The Kier molecular flexibility index (Phi) is 7.71. The first-order chi connectivity index (χ1) is 18.9. The Bertz CT molecular complexity index is 1650. The highest BCUT2D eigenvalue weighted by Gasteiger charge is 2.38. The molecule has 0 bridgehead atoms. The van der Waals surface area contributed by atoms with Gasteiger partial charge in [-0.05, 0) is 67.5 Å². The van der Waals surface area contributed by atoms with E-state index in [0.717, 1.165) is 23.4 Å². The lowest BCUT2D eigenvalue weighted by atomic mass is 9.89. The maximum absolute atomic E-state index is 13.6. The molecule has 1 saturated carbocycles. The lowest BCUT2D eigenvalue weighted by Gasteiger charge is -2.35. The molecule has 1 atom stereocenters. The molecule has 1 saturated heterocycles. The summed E-state index contributed by atoms with van der Waals surface area (Å²) in [7, 11) is -4.22. The molecule has 1 aromatic heterocycles. The average molecular weight is 592 g/mol. The van der Waals surface area contributed by atoms with Gasteiger partial charge in [0.2, 0.25) is 20.0 Å². The summed E-state index contributed by atoms with van der Waals surface area (Å²) in [5, 5.41) is 2.72. The fourth-order valence-corrected chi connectivity index (χ4v) is 8.54. The molecule has 3 aromatic rings. The average Bonchev–Trinajstić information content (AvgIpc) is 3.60. The largest absolute Gasteiger partial charge is 0.455 e. The van der Waals surface area contributed by atoms with Crippen molar-refractivity contribution in [2.45, 2.75) is 49.7 Å². The van der Waals surface area contributed by atoms with Crippen LogP contribution in [0.5, 0.6) is 0 Å². The smallest absolute Gasteiger partial charge is 0.255 e. The zero-order chi connectivity index (χ0) is 28.8. The molecule has 2 aromatic carbocycles. The highest BCUT2D eigenvalue weighted by molar-refractivity contribution is 7.92. The van der Waals surface area contributed by atoms with Crippen LogP contribution in [0.25, 0.3) is 22.3 Å². The van der Waals surface area contributed by atoms with Crippen LogP contribution < -0.4 is 9.62 Å². The second kappa shape index (κ2) is 10.8. The summed E-state index contributed by atoms with van der Waals surface area (Å²) in [6.07, 6.45) is 5.51. The zero-order valence-electron chi connectivity index (χ0n) is 22.8. The Morgan fingerprint density at radius 1 is 1.05 bits per heavy atom. The van der Waals surface area contributed by atoms with Gasteiger partial charge in [0.1, 0.15) is 17.2 Å². The van der Waals surface area contributed by atoms with Crippen molar-refractivity contribution in [2.75, 3.05) is 37.7 Å². The molecule has 1 aliphatic heterocycles. The minimum atomic E-state index is -3.68. The molecule has 0 spiro atoms. The monoisotopic (exact) mass is 591 g/mol. The molecule has 9 nitrogen and oxygen atoms in total. The molecule has 2 heterocycles. The molecule has 0 radical (unpaired) electrons. The number of fused-ring (bicyclic) bond motifs is 1. The van der Waals surface area contributed by atoms with Crippen molar-refractivity contribution in [3.8, 4) is 11.3 Å². The number of carbonyl (C=O) groups excluding carboxylic acids is 1. The van der Waals surface area contributed by atoms with Crippen molar-refractivity contribution in [3.05, 3.63) is 53.3 Å². The van der Waals surface area contributed by atoms with Crippen molar-refractivity contribution in [3.63, 3.8) is 0 Å². The molecule has 5 rings (SSSR count). The van der Waals surface area contributed by atoms with Crippen LogP contribution in [0.15, 0.2) is 40.8 Å². The standard InChI is InChI=1S/C28H34FN3O6S2/c1-30-28(33)26-23-15-22(19-7-6-14-32(17-19)40(36,37)21-8-4-5-9-21)24(31(2)39(3,34)35)16-25(23)38-27(26)18-10-12-20(29)13-11-18/h10-13,15-16,19,21H,4-9,14,17H2,1-3H3,(H,30,33)/t19-/m0/s1. The Morgan fingerprint density at radius 3 is 2.35 bits per heavy atom. The molecular formula is C28H34FN3O6S2. The third kappa shape index (κ3) is 5.24. The molecule has 1 amide bonds. The minimum Gasteiger partial charge on any atom is -0.455 e. The molecule has 12 heteroatoms. The van der Waals surface area contributed by atoms with Crippen molar-refractivity contribution in [2.24, 2.45) is 0 Å². The van der Waals surface area contributed by atoms with E-state index in [4.69, 9.17) is 4.42 Å². The number of hydrogen-bond acceptors (Lipinski definition) is 6. The summed E-state index contributed by atoms with van der Waals surface area (Å²) >= 11 is 0. The molecule has 40 heavy (non-hydrogen) atoms. The van der Waals surface area contributed by atoms with Crippen LogP contribution >= 0.6 is 0 Å². The molecule has 1 aliphatic carbocycles. The van der Waals surface area contributed by atoms with E-state index in [2.05, 4.69) is 5.32 Å². The number of carbonyl (C=O) groups is 1. The number of furan rings is 1. The SMILES string of the molecule is CNC(=O)c1c(-c2ccc(F)cc2)oc2cc(N(C)S(C)(=O)=O)c([C@H]3CCCN(S(=O)(=O)C4CCCC4)C3)cc12. The van der Waals surface area contributed by atoms with E-state index in [0.29, 0.717) is 60.0 Å². The van der Waals surface area contributed by atoms with E-state index >= 15 is 0 Å². The fraction of sp³-hybridized carbons (Fsp3) is 0.464. The Labute approximate surface area is 234 Å². The topological polar surface area (TPSA) is 117 Å². The number of sulfonamides is 2. The predicted octanol–water partition coefficient (Wildman–Crippen LogP) is 4.45. The van der Waals surface area contributed by atoms with Gasteiger partial charge in [0.25, 0.3) is 5.91 Å². The van der Waals surface area contributed by atoms with Crippen molar-refractivity contribution in [1.29, 1.82) is 0 Å². The van der Waals surface area contributed by atoms with Crippen LogP contribution in [0.1, 0.15) is 60.4 Å². The quantitative estimate of drug-likeness (QED) is 0.434. The fourth-order valence-electron chi connectivity index (χ4n) is 5.91. The predicted molar refractivity (Wildman–Crippen MR) is 153 cm³/mol. The van der Waals surface area contributed by atoms with Crippen molar-refractivity contribution < 1.29 is 30.4 Å². The van der Waals surface area contributed by atoms with Crippen LogP contribution in [0.3, 0.4) is 0 Å². The normalized spacial score (nSPS) is 19.2.